The number of aliphatic hydroxyl groups is 3. The second kappa shape index (κ2) is 7.25. The minimum absolute atomic E-state index is 0.0504. The Hall–Kier alpha value is -1.75. The van der Waals surface area contributed by atoms with Crippen LogP contribution in [0.5, 0.6) is 0 Å². The van der Waals surface area contributed by atoms with Crippen LogP contribution in [0.1, 0.15) is 19.4 Å². The van der Waals surface area contributed by atoms with E-state index in [2.05, 4.69) is 0 Å². The van der Waals surface area contributed by atoms with E-state index in [1.807, 2.05) is 30.3 Å². The van der Waals surface area contributed by atoms with Crippen molar-refractivity contribution in [1.82, 2.24) is 4.90 Å². The van der Waals surface area contributed by atoms with Gasteiger partial charge in [-0.05, 0) is 19.4 Å². The number of benzene rings is 1. The number of likely N-dealkylation sites (tertiary alicyclic amines) is 1. The number of hydrogen-bond acceptors (Lipinski definition) is 8. The molecule has 0 saturated carbocycles. The number of fused-ring (bicyclic) bond motifs is 1. The zero-order valence-electron chi connectivity index (χ0n) is 15.7. The number of nitrogens with zero attached hydrogens (tertiary/aromatic N) is 1. The van der Waals surface area contributed by atoms with E-state index < -0.39 is 54.7 Å². The van der Waals surface area contributed by atoms with Crippen LogP contribution in [0.15, 0.2) is 30.3 Å². The average molecular weight is 395 g/mol. The molecular formula is C19H25NO8. The highest BCUT2D eigenvalue weighted by atomic mass is 16.8. The Morgan fingerprint density at radius 2 is 1.86 bits per heavy atom. The molecule has 3 aliphatic heterocycles. The second-order valence-corrected chi connectivity index (χ2v) is 7.80. The quantitative estimate of drug-likeness (QED) is 0.653. The molecule has 4 rings (SSSR count). The SMILES string of the molecule is CC1(C)O[C@H]2O[C@H]([C@H]3[C@H](O)[C@H](O)CN3C(=O)OCc3ccccc3)[C@H](O)[C@H]2O1. The van der Waals surface area contributed by atoms with E-state index in [-0.39, 0.29) is 13.2 Å². The summed E-state index contributed by atoms with van der Waals surface area (Å²) in [5.41, 5.74) is 0.809. The average Bonchev–Trinajstić information content (AvgIpc) is 3.23. The predicted octanol–water partition coefficient (Wildman–Crippen LogP) is -0.0335. The molecule has 3 fully saturated rings. The molecule has 3 N–H and O–H groups in total. The summed E-state index contributed by atoms with van der Waals surface area (Å²) < 4.78 is 22.4. The second-order valence-electron chi connectivity index (χ2n) is 7.80. The molecule has 3 aliphatic rings. The van der Waals surface area contributed by atoms with Crippen LogP contribution in [0.25, 0.3) is 0 Å². The molecule has 0 spiro atoms. The number of carbonyl (C=O) groups is 1. The van der Waals surface area contributed by atoms with Gasteiger partial charge < -0.3 is 34.3 Å². The van der Waals surface area contributed by atoms with Crippen LogP contribution < -0.4 is 0 Å². The fourth-order valence-corrected chi connectivity index (χ4v) is 4.01. The van der Waals surface area contributed by atoms with Crippen LogP contribution in [-0.4, -0.2) is 81.5 Å². The topological polar surface area (TPSA) is 118 Å². The third kappa shape index (κ3) is 3.49. The van der Waals surface area contributed by atoms with Crippen LogP contribution in [0, 0.1) is 0 Å². The van der Waals surface area contributed by atoms with Crippen molar-refractivity contribution in [2.45, 2.75) is 69.1 Å². The number of aliphatic hydroxyl groups excluding tert-OH is 3. The van der Waals surface area contributed by atoms with Crippen molar-refractivity contribution in [2.75, 3.05) is 6.54 Å². The minimum atomic E-state index is -1.30. The number of β-amino-alcohol motifs (C(OH)–C–C–N with tert-alkyl or cyclic N) is 1. The molecule has 7 atom stereocenters. The van der Waals surface area contributed by atoms with E-state index in [9.17, 15) is 20.1 Å². The Balaban J connectivity index is 1.46. The van der Waals surface area contributed by atoms with E-state index >= 15 is 0 Å². The van der Waals surface area contributed by atoms with Crippen LogP contribution >= 0.6 is 0 Å². The van der Waals surface area contributed by atoms with Crippen LogP contribution in [0.3, 0.4) is 0 Å². The van der Waals surface area contributed by atoms with Gasteiger partial charge in [-0.2, -0.15) is 0 Å². The van der Waals surface area contributed by atoms with Crippen molar-refractivity contribution in [1.29, 1.82) is 0 Å². The number of amides is 1. The summed E-state index contributed by atoms with van der Waals surface area (Å²) in [4.78, 5) is 13.8. The Bertz CT molecular complexity index is 713. The Labute approximate surface area is 162 Å². The summed E-state index contributed by atoms with van der Waals surface area (Å²) in [6.45, 7) is 3.33. The van der Waals surface area contributed by atoms with E-state index in [1.165, 1.54) is 4.90 Å². The Morgan fingerprint density at radius 1 is 1.14 bits per heavy atom. The number of ether oxygens (including phenoxy) is 4. The molecule has 28 heavy (non-hydrogen) atoms. The predicted molar refractivity (Wildman–Crippen MR) is 93.8 cm³/mol. The summed E-state index contributed by atoms with van der Waals surface area (Å²) in [5, 5.41) is 31.2. The van der Waals surface area contributed by atoms with E-state index in [4.69, 9.17) is 18.9 Å². The maximum Gasteiger partial charge on any atom is 0.410 e. The number of carbonyl (C=O) groups excluding carboxylic acids is 1. The fraction of sp³-hybridized carbons (Fsp3) is 0.632. The van der Waals surface area contributed by atoms with Gasteiger partial charge in [0, 0.05) is 0 Å². The Kier molecular flexibility index (Phi) is 5.07. The van der Waals surface area contributed by atoms with Gasteiger partial charge in [0.1, 0.15) is 31.0 Å². The van der Waals surface area contributed by atoms with Gasteiger partial charge >= 0.3 is 6.09 Å². The zero-order valence-corrected chi connectivity index (χ0v) is 15.7. The van der Waals surface area contributed by atoms with Crippen LogP contribution in [-0.2, 0) is 25.6 Å². The van der Waals surface area contributed by atoms with Crippen molar-refractivity contribution < 1.29 is 39.1 Å². The third-order valence-corrected chi connectivity index (χ3v) is 5.32. The molecular weight excluding hydrogens is 370 g/mol. The molecule has 0 unspecified atom stereocenters. The van der Waals surface area contributed by atoms with Crippen molar-refractivity contribution in [2.24, 2.45) is 0 Å². The molecule has 1 amide bonds. The molecule has 0 aliphatic carbocycles. The first-order valence-electron chi connectivity index (χ1n) is 9.29. The van der Waals surface area contributed by atoms with Crippen molar-refractivity contribution in [3.8, 4) is 0 Å². The molecule has 9 heteroatoms. The summed E-state index contributed by atoms with van der Waals surface area (Å²) in [7, 11) is 0. The highest BCUT2D eigenvalue weighted by Gasteiger charge is 2.60. The standard InChI is InChI=1S/C19H25NO8/c1-19(2)27-16-14(23)15(26-17(16)28-19)12-13(22)11(21)8-20(12)18(24)25-9-10-6-4-3-5-7-10/h3-7,11-17,21-23H,8-9H2,1-2H3/t11-,12-,13-,14+,15-,16-,17-/m1/s1. The fourth-order valence-electron chi connectivity index (χ4n) is 4.01. The van der Waals surface area contributed by atoms with Crippen molar-refractivity contribution >= 4 is 6.09 Å². The van der Waals surface area contributed by atoms with E-state index in [0.29, 0.717) is 0 Å². The first-order valence-corrected chi connectivity index (χ1v) is 9.29. The molecule has 1 aromatic rings. The van der Waals surface area contributed by atoms with Gasteiger partial charge in [-0.25, -0.2) is 4.79 Å². The molecule has 0 aromatic heterocycles. The number of hydrogen-bond donors (Lipinski definition) is 3. The van der Waals surface area contributed by atoms with Crippen molar-refractivity contribution in [3.63, 3.8) is 0 Å². The van der Waals surface area contributed by atoms with Crippen LogP contribution in [0.2, 0.25) is 0 Å². The molecule has 154 valence electrons. The zero-order chi connectivity index (χ0) is 20.1. The molecule has 9 nitrogen and oxygen atoms in total. The molecule has 3 heterocycles. The monoisotopic (exact) mass is 395 g/mol. The lowest BCUT2D eigenvalue weighted by molar-refractivity contribution is -0.223. The van der Waals surface area contributed by atoms with E-state index in [0.717, 1.165) is 5.56 Å². The lowest BCUT2D eigenvalue weighted by atomic mass is 9.99. The van der Waals surface area contributed by atoms with Gasteiger partial charge in [-0.15, -0.1) is 0 Å². The van der Waals surface area contributed by atoms with Gasteiger partial charge in [-0.3, -0.25) is 4.90 Å². The highest BCUT2D eigenvalue weighted by Crippen LogP contribution is 2.40. The smallest absolute Gasteiger partial charge is 0.410 e. The van der Waals surface area contributed by atoms with E-state index in [1.54, 1.807) is 13.8 Å². The van der Waals surface area contributed by atoms with Crippen molar-refractivity contribution in [3.05, 3.63) is 35.9 Å². The summed E-state index contributed by atoms with van der Waals surface area (Å²) in [5.74, 6) is -0.899. The highest BCUT2D eigenvalue weighted by molar-refractivity contribution is 5.69. The lowest BCUT2D eigenvalue weighted by Crippen LogP contribution is -2.53. The van der Waals surface area contributed by atoms with Crippen LogP contribution in [0.4, 0.5) is 4.79 Å². The third-order valence-electron chi connectivity index (χ3n) is 5.32. The van der Waals surface area contributed by atoms with Gasteiger partial charge in [0.05, 0.1) is 18.7 Å². The van der Waals surface area contributed by atoms with Gasteiger partial charge in [0.15, 0.2) is 12.1 Å². The first kappa shape index (κ1) is 19.6. The summed E-state index contributed by atoms with van der Waals surface area (Å²) in [6.07, 6.45) is -6.86. The maximum absolute atomic E-state index is 12.6. The van der Waals surface area contributed by atoms with Gasteiger partial charge in [0.25, 0.3) is 0 Å². The van der Waals surface area contributed by atoms with Gasteiger partial charge in [0.2, 0.25) is 0 Å². The summed E-state index contributed by atoms with van der Waals surface area (Å²) in [6, 6.07) is 8.17. The normalized spacial score (nSPS) is 39.2. The Morgan fingerprint density at radius 3 is 2.54 bits per heavy atom. The molecule has 0 bridgehead atoms. The lowest BCUT2D eigenvalue weighted by Gasteiger charge is -2.32. The maximum atomic E-state index is 12.6. The number of rotatable bonds is 3. The van der Waals surface area contributed by atoms with Gasteiger partial charge in [-0.1, -0.05) is 30.3 Å². The first-order chi connectivity index (χ1) is 13.3. The summed E-state index contributed by atoms with van der Waals surface area (Å²) >= 11 is 0. The minimum Gasteiger partial charge on any atom is -0.445 e. The largest absolute Gasteiger partial charge is 0.445 e. The molecule has 0 radical (unpaired) electrons. The molecule has 3 saturated heterocycles. The molecule has 1 aromatic carbocycles.